The normalized spacial score (nSPS) is 11.2. The Kier molecular flexibility index (Phi) is 15.8. The number of hydrogen-bond donors (Lipinski definition) is 3. The lowest BCUT2D eigenvalue weighted by atomic mass is 10.1. The molecule has 0 spiro atoms. The molecule has 0 unspecified atom stereocenters. The van der Waals surface area contributed by atoms with Crippen LogP contribution in [-0.4, -0.2) is 51.3 Å². The maximum Gasteiger partial charge on any atom is 0.261 e. The first-order valence-corrected chi connectivity index (χ1v) is 9.93. The van der Waals surface area contributed by atoms with Crippen molar-refractivity contribution in [3.05, 3.63) is 22.4 Å². The SMILES string of the molecule is CCNC(=NCCCNC(=O)c1cccs1)NCCOCCC(C)C.I. The quantitative estimate of drug-likeness (QED) is 0.180. The predicted octanol–water partition coefficient (Wildman–Crippen LogP) is 3.10. The lowest BCUT2D eigenvalue weighted by Gasteiger charge is -2.12. The summed E-state index contributed by atoms with van der Waals surface area (Å²) >= 11 is 1.45. The molecule has 26 heavy (non-hydrogen) atoms. The third-order valence-electron chi connectivity index (χ3n) is 3.36. The smallest absolute Gasteiger partial charge is 0.261 e. The molecule has 8 heteroatoms. The van der Waals surface area contributed by atoms with Crippen LogP contribution in [0.15, 0.2) is 22.5 Å². The molecule has 0 radical (unpaired) electrons. The molecule has 150 valence electrons. The Hall–Kier alpha value is -0.870. The Labute approximate surface area is 178 Å². The van der Waals surface area contributed by atoms with Crippen LogP contribution in [0.1, 0.15) is 43.3 Å². The van der Waals surface area contributed by atoms with E-state index < -0.39 is 0 Å². The molecule has 0 aliphatic rings. The van der Waals surface area contributed by atoms with Crippen LogP contribution in [-0.2, 0) is 4.74 Å². The average molecular weight is 496 g/mol. The molecule has 0 fully saturated rings. The number of amides is 1. The number of hydrogen-bond acceptors (Lipinski definition) is 4. The number of guanidine groups is 1. The first kappa shape index (κ1) is 25.1. The van der Waals surface area contributed by atoms with Crippen molar-refractivity contribution in [3.63, 3.8) is 0 Å². The second kappa shape index (κ2) is 16.3. The van der Waals surface area contributed by atoms with E-state index in [9.17, 15) is 4.79 Å². The molecular formula is C18H33IN4O2S. The molecule has 0 bridgehead atoms. The first-order valence-electron chi connectivity index (χ1n) is 9.05. The fraction of sp³-hybridized carbons (Fsp3) is 0.667. The molecule has 0 aliphatic carbocycles. The summed E-state index contributed by atoms with van der Waals surface area (Å²) in [5, 5.41) is 11.3. The zero-order chi connectivity index (χ0) is 18.3. The molecular weight excluding hydrogens is 463 g/mol. The van der Waals surface area contributed by atoms with E-state index in [0.29, 0.717) is 25.6 Å². The van der Waals surface area contributed by atoms with Crippen molar-refractivity contribution in [2.75, 3.05) is 39.4 Å². The zero-order valence-electron chi connectivity index (χ0n) is 16.0. The van der Waals surface area contributed by atoms with Gasteiger partial charge in [-0.2, -0.15) is 0 Å². The summed E-state index contributed by atoms with van der Waals surface area (Å²) in [5.41, 5.74) is 0. The van der Waals surface area contributed by atoms with Gasteiger partial charge in [0.2, 0.25) is 0 Å². The van der Waals surface area contributed by atoms with Crippen LogP contribution in [0.3, 0.4) is 0 Å². The van der Waals surface area contributed by atoms with Gasteiger partial charge in [0.05, 0.1) is 11.5 Å². The minimum Gasteiger partial charge on any atom is -0.380 e. The average Bonchev–Trinajstić information content (AvgIpc) is 3.11. The van der Waals surface area contributed by atoms with E-state index in [4.69, 9.17) is 4.74 Å². The Balaban J connectivity index is 0.00000625. The number of ether oxygens (including phenoxy) is 1. The summed E-state index contributed by atoms with van der Waals surface area (Å²) in [7, 11) is 0. The number of rotatable bonds is 12. The van der Waals surface area contributed by atoms with Crippen LogP contribution in [0.2, 0.25) is 0 Å². The van der Waals surface area contributed by atoms with Gasteiger partial charge >= 0.3 is 0 Å². The second-order valence-corrected chi connectivity index (χ2v) is 7.02. The third kappa shape index (κ3) is 12.5. The minimum absolute atomic E-state index is 0. The van der Waals surface area contributed by atoms with Gasteiger partial charge < -0.3 is 20.7 Å². The topological polar surface area (TPSA) is 74.8 Å². The van der Waals surface area contributed by atoms with Gasteiger partial charge in [-0.3, -0.25) is 9.79 Å². The van der Waals surface area contributed by atoms with Crippen molar-refractivity contribution in [1.82, 2.24) is 16.0 Å². The Morgan fingerprint density at radius 2 is 2.04 bits per heavy atom. The lowest BCUT2D eigenvalue weighted by molar-refractivity contribution is 0.0957. The van der Waals surface area contributed by atoms with Crippen LogP contribution >= 0.6 is 35.3 Å². The summed E-state index contributed by atoms with van der Waals surface area (Å²) in [6.07, 6.45) is 1.89. The van der Waals surface area contributed by atoms with E-state index in [0.717, 1.165) is 43.4 Å². The molecule has 0 aromatic carbocycles. The molecule has 0 saturated heterocycles. The van der Waals surface area contributed by atoms with Gasteiger partial charge in [-0.15, -0.1) is 35.3 Å². The van der Waals surface area contributed by atoms with Crippen LogP contribution in [0.4, 0.5) is 0 Å². The van der Waals surface area contributed by atoms with Crippen molar-refractivity contribution in [2.45, 2.75) is 33.6 Å². The summed E-state index contributed by atoms with van der Waals surface area (Å²) < 4.78 is 5.59. The first-order chi connectivity index (χ1) is 12.1. The molecule has 3 N–H and O–H groups in total. The van der Waals surface area contributed by atoms with Crippen LogP contribution in [0, 0.1) is 5.92 Å². The van der Waals surface area contributed by atoms with Gasteiger partial charge in [0, 0.05) is 32.8 Å². The highest BCUT2D eigenvalue weighted by Gasteiger charge is 2.04. The number of thiophene rings is 1. The van der Waals surface area contributed by atoms with Gasteiger partial charge in [-0.1, -0.05) is 19.9 Å². The van der Waals surface area contributed by atoms with E-state index in [-0.39, 0.29) is 29.9 Å². The number of halogens is 1. The molecule has 1 aromatic heterocycles. The van der Waals surface area contributed by atoms with E-state index in [1.165, 1.54) is 11.3 Å². The van der Waals surface area contributed by atoms with Gasteiger partial charge in [0.1, 0.15) is 0 Å². The molecule has 0 saturated carbocycles. The molecule has 0 aliphatic heterocycles. The van der Waals surface area contributed by atoms with Crippen molar-refractivity contribution in [3.8, 4) is 0 Å². The fourth-order valence-electron chi connectivity index (χ4n) is 1.97. The maximum atomic E-state index is 11.8. The zero-order valence-corrected chi connectivity index (χ0v) is 19.2. The van der Waals surface area contributed by atoms with E-state index in [1.807, 2.05) is 24.4 Å². The van der Waals surface area contributed by atoms with E-state index in [1.54, 1.807) is 0 Å². The molecule has 6 nitrogen and oxygen atoms in total. The summed E-state index contributed by atoms with van der Waals surface area (Å²) in [4.78, 5) is 17.1. The Morgan fingerprint density at radius 3 is 2.69 bits per heavy atom. The lowest BCUT2D eigenvalue weighted by Crippen LogP contribution is -2.39. The highest BCUT2D eigenvalue weighted by atomic mass is 127. The number of carbonyl (C=O) groups excluding carboxylic acids is 1. The second-order valence-electron chi connectivity index (χ2n) is 6.07. The van der Waals surface area contributed by atoms with E-state index in [2.05, 4.69) is 34.8 Å². The van der Waals surface area contributed by atoms with Crippen molar-refractivity contribution in [2.24, 2.45) is 10.9 Å². The van der Waals surface area contributed by atoms with Crippen LogP contribution < -0.4 is 16.0 Å². The molecule has 1 heterocycles. The monoisotopic (exact) mass is 496 g/mol. The van der Waals surface area contributed by atoms with Gasteiger partial charge in [0.15, 0.2) is 5.96 Å². The predicted molar refractivity (Wildman–Crippen MR) is 121 cm³/mol. The van der Waals surface area contributed by atoms with Crippen molar-refractivity contribution < 1.29 is 9.53 Å². The molecule has 1 rings (SSSR count). The Morgan fingerprint density at radius 1 is 1.23 bits per heavy atom. The standard InChI is InChI=1S/C18H32N4O2S.HI/c1-4-19-18(22-11-13-24-12-8-15(2)3)21-10-6-9-20-17(23)16-7-5-14-25-16;/h5,7,14-15H,4,6,8-13H2,1-3H3,(H,20,23)(H2,19,21,22);1H. The minimum atomic E-state index is -0.0115. The summed E-state index contributed by atoms with van der Waals surface area (Å²) in [6, 6.07) is 3.71. The maximum absolute atomic E-state index is 11.8. The molecule has 0 atom stereocenters. The number of nitrogens with one attached hydrogen (secondary N) is 3. The van der Waals surface area contributed by atoms with Gasteiger partial charge in [-0.25, -0.2) is 0 Å². The largest absolute Gasteiger partial charge is 0.380 e. The van der Waals surface area contributed by atoms with E-state index >= 15 is 0 Å². The third-order valence-corrected chi connectivity index (χ3v) is 4.23. The Bertz CT molecular complexity index is 495. The van der Waals surface area contributed by atoms with Gasteiger partial charge in [-0.05, 0) is 37.1 Å². The number of aliphatic imine (C=N–C) groups is 1. The fourth-order valence-corrected chi connectivity index (χ4v) is 2.61. The number of nitrogens with zero attached hydrogens (tertiary/aromatic N) is 1. The molecule has 1 aromatic rings. The van der Waals surface area contributed by atoms with Gasteiger partial charge in [0.25, 0.3) is 5.91 Å². The van der Waals surface area contributed by atoms with Crippen molar-refractivity contribution >= 4 is 47.2 Å². The van der Waals surface area contributed by atoms with Crippen LogP contribution in [0.25, 0.3) is 0 Å². The summed E-state index contributed by atoms with van der Waals surface area (Å²) in [6.45, 7) is 10.7. The van der Waals surface area contributed by atoms with Crippen LogP contribution in [0.5, 0.6) is 0 Å². The highest BCUT2D eigenvalue weighted by molar-refractivity contribution is 14.0. The summed E-state index contributed by atoms with van der Waals surface area (Å²) in [5.74, 6) is 1.45. The van der Waals surface area contributed by atoms with Crippen molar-refractivity contribution in [1.29, 1.82) is 0 Å². The number of carbonyl (C=O) groups is 1. The highest BCUT2D eigenvalue weighted by Crippen LogP contribution is 2.07. The molecule has 1 amide bonds.